The molecule has 0 radical (unpaired) electrons. The Kier molecular flexibility index (Phi) is 9.83. The Morgan fingerprint density at radius 2 is 1.68 bits per heavy atom. The van der Waals surface area contributed by atoms with Crippen molar-refractivity contribution in [1.82, 2.24) is 0 Å². The van der Waals surface area contributed by atoms with E-state index in [2.05, 4.69) is 6.92 Å². The third-order valence-corrected chi connectivity index (χ3v) is 7.59. The van der Waals surface area contributed by atoms with E-state index < -0.39 is 9.84 Å². The first-order valence-corrected chi connectivity index (χ1v) is 10.4. The van der Waals surface area contributed by atoms with Crippen molar-refractivity contribution in [2.75, 3.05) is 6.54 Å². The van der Waals surface area contributed by atoms with Gasteiger partial charge in [-0.15, -0.1) is 0 Å². The normalized spacial score (nSPS) is 19.4. The maximum Gasteiger partial charge on any atom is 0.155 e. The molecule has 0 aliphatic carbocycles. The van der Waals surface area contributed by atoms with Gasteiger partial charge in [-0.1, -0.05) is 27.2 Å². The van der Waals surface area contributed by atoms with E-state index in [0.29, 0.717) is 19.4 Å². The average molecular weight is 336 g/mol. The lowest BCUT2D eigenvalue weighted by molar-refractivity contribution is -0.0747. The van der Waals surface area contributed by atoms with Gasteiger partial charge in [0, 0.05) is 6.54 Å². The van der Waals surface area contributed by atoms with E-state index in [1.54, 1.807) is 0 Å². The predicted molar refractivity (Wildman–Crippen MR) is 94.9 cm³/mol. The highest BCUT2D eigenvalue weighted by Gasteiger charge is 2.30. The molecule has 22 heavy (non-hydrogen) atoms. The minimum absolute atomic E-state index is 0.0271. The van der Waals surface area contributed by atoms with Crippen molar-refractivity contribution in [3.05, 3.63) is 0 Å². The van der Waals surface area contributed by atoms with E-state index in [0.717, 1.165) is 25.7 Å². The van der Waals surface area contributed by atoms with Crippen molar-refractivity contribution in [2.24, 2.45) is 5.73 Å². The van der Waals surface area contributed by atoms with Crippen molar-refractivity contribution in [1.29, 1.82) is 0 Å². The Hall–Kier alpha value is -0.130. The summed E-state index contributed by atoms with van der Waals surface area (Å²) >= 11 is 0. The summed E-state index contributed by atoms with van der Waals surface area (Å²) in [5, 5.41) is -0.505. The van der Waals surface area contributed by atoms with Gasteiger partial charge in [-0.3, -0.25) is 0 Å². The molecular formula is C17H37NO3S. The summed E-state index contributed by atoms with van der Waals surface area (Å²) in [6.07, 6.45) is 4.62. The smallest absolute Gasteiger partial charge is 0.155 e. The summed E-state index contributed by atoms with van der Waals surface area (Å²) in [6.45, 7) is 12.4. The monoisotopic (exact) mass is 335 g/mol. The highest BCUT2D eigenvalue weighted by atomic mass is 32.2. The van der Waals surface area contributed by atoms with E-state index in [-0.39, 0.29) is 22.2 Å². The molecule has 4 nitrogen and oxygen atoms in total. The molecule has 0 aromatic heterocycles. The molecule has 5 heteroatoms. The summed E-state index contributed by atoms with van der Waals surface area (Å²) in [5.74, 6) is 0. The van der Waals surface area contributed by atoms with Gasteiger partial charge in [-0.25, -0.2) is 8.42 Å². The third kappa shape index (κ3) is 6.55. The van der Waals surface area contributed by atoms with Crippen LogP contribution < -0.4 is 5.73 Å². The molecule has 0 aliphatic rings. The van der Waals surface area contributed by atoms with E-state index in [1.807, 2.05) is 34.6 Å². The Balaban J connectivity index is 4.64. The zero-order valence-electron chi connectivity index (χ0n) is 15.4. The standard InChI is InChI=1S/C17H37NO3S/c1-7-10-15(5)22(19,20)16(8-2)12-11-14(4)21-17(6,9-3)13-18/h14-16H,7-13,18H2,1-6H3. The molecule has 0 spiro atoms. The number of sulfone groups is 1. The van der Waals surface area contributed by atoms with Crippen LogP contribution in [0.1, 0.15) is 80.1 Å². The number of hydrogen-bond acceptors (Lipinski definition) is 4. The zero-order chi connectivity index (χ0) is 17.4. The van der Waals surface area contributed by atoms with Crippen LogP contribution in [0.3, 0.4) is 0 Å². The largest absolute Gasteiger partial charge is 0.371 e. The first-order chi connectivity index (χ1) is 10.2. The topological polar surface area (TPSA) is 69.4 Å². The van der Waals surface area contributed by atoms with Crippen molar-refractivity contribution in [3.63, 3.8) is 0 Å². The Bertz CT molecular complexity index is 391. The quantitative estimate of drug-likeness (QED) is 0.590. The number of nitrogens with two attached hydrogens (primary N) is 1. The van der Waals surface area contributed by atoms with Crippen LogP contribution >= 0.6 is 0 Å². The fraction of sp³-hybridized carbons (Fsp3) is 1.00. The summed E-state index contributed by atoms with van der Waals surface area (Å²) in [4.78, 5) is 0. The van der Waals surface area contributed by atoms with Gasteiger partial charge in [0.25, 0.3) is 0 Å². The molecule has 0 fully saturated rings. The van der Waals surface area contributed by atoms with Crippen molar-refractivity contribution in [2.45, 2.75) is 102 Å². The molecule has 0 heterocycles. The van der Waals surface area contributed by atoms with Crippen LogP contribution in [0.2, 0.25) is 0 Å². The van der Waals surface area contributed by atoms with Crippen LogP contribution in [0, 0.1) is 0 Å². The van der Waals surface area contributed by atoms with Crippen LogP contribution in [0.5, 0.6) is 0 Å². The van der Waals surface area contributed by atoms with Crippen molar-refractivity contribution < 1.29 is 13.2 Å². The van der Waals surface area contributed by atoms with Crippen LogP contribution in [0.25, 0.3) is 0 Å². The van der Waals surface area contributed by atoms with Crippen LogP contribution in [0.4, 0.5) is 0 Å². The molecule has 4 unspecified atom stereocenters. The molecule has 0 saturated carbocycles. The summed E-state index contributed by atoms with van der Waals surface area (Å²) in [7, 11) is -3.04. The van der Waals surface area contributed by atoms with Gasteiger partial charge < -0.3 is 10.5 Å². The molecule has 0 aromatic carbocycles. The Morgan fingerprint density at radius 3 is 2.09 bits per heavy atom. The maximum absolute atomic E-state index is 12.6. The van der Waals surface area contributed by atoms with Gasteiger partial charge in [0.2, 0.25) is 0 Å². The third-order valence-electron chi connectivity index (χ3n) is 4.74. The summed E-state index contributed by atoms with van der Waals surface area (Å²) in [5.41, 5.74) is 5.46. The minimum atomic E-state index is -3.04. The molecule has 0 saturated heterocycles. The van der Waals surface area contributed by atoms with Gasteiger partial charge in [0.15, 0.2) is 9.84 Å². The van der Waals surface area contributed by atoms with Gasteiger partial charge in [-0.05, 0) is 52.9 Å². The van der Waals surface area contributed by atoms with Crippen LogP contribution in [-0.2, 0) is 14.6 Å². The maximum atomic E-state index is 12.6. The molecule has 4 atom stereocenters. The zero-order valence-corrected chi connectivity index (χ0v) is 16.2. The Morgan fingerprint density at radius 1 is 1.09 bits per heavy atom. The Labute approximate surface area is 138 Å². The van der Waals surface area contributed by atoms with Gasteiger partial charge >= 0.3 is 0 Å². The second kappa shape index (κ2) is 9.89. The average Bonchev–Trinajstić information content (AvgIpc) is 2.47. The van der Waals surface area contributed by atoms with Crippen molar-refractivity contribution in [3.8, 4) is 0 Å². The first kappa shape index (κ1) is 21.9. The number of rotatable bonds is 12. The molecule has 0 bridgehead atoms. The van der Waals surface area contributed by atoms with E-state index in [1.165, 1.54) is 0 Å². The second-order valence-corrected chi connectivity index (χ2v) is 9.38. The number of hydrogen-bond donors (Lipinski definition) is 1. The predicted octanol–water partition coefficient (Wildman–Crippen LogP) is 3.68. The fourth-order valence-electron chi connectivity index (χ4n) is 2.74. The highest BCUT2D eigenvalue weighted by molar-refractivity contribution is 7.92. The molecule has 0 rings (SSSR count). The lowest BCUT2D eigenvalue weighted by Gasteiger charge is -2.31. The molecule has 134 valence electrons. The summed E-state index contributed by atoms with van der Waals surface area (Å²) < 4.78 is 31.2. The molecule has 0 amide bonds. The SMILES string of the molecule is CCCC(C)S(=O)(=O)C(CC)CCC(C)OC(C)(CC)CN. The molecular weight excluding hydrogens is 298 g/mol. The summed E-state index contributed by atoms with van der Waals surface area (Å²) in [6, 6.07) is 0. The van der Waals surface area contributed by atoms with Crippen LogP contribution in [-0.4, -0.2) is 37.2 Å². The molecule has 0 aromatic rings. The highest BCUT2D eigenvalue weighted by Crippen LogP contribution is 2.24. The lowest BCUT2D eigenvalue weighted by Crippen LogP contribution is -2.40. The van der Waals surface area contributed by atoms with Gasteiger partial charge in [-0.2, -0.15) is 0 Å². The minimum Gasteiger partial charge on any atom is -0.371 e. The lowest BCUT2D eigenvalue weighted by atomic mass is 10.0. The first-order valence-electron chi connectivity index (χ1n) is 8.77. The molecule has 2 N–H and O–H groups in total. The molecule has 0 aliphatic heterocycles. The van der Waals surface area contributed by atoms with E-state index in [9.17, 15) is 8.42 Å². The van der Waals surface area contributed by atoms with Crippen molar-refractivity contribution >= 4 is 9.84 Å². The van der Waals surface area contributed by atoms with Gasteiger partial charge in [0.05, 0.1) is 22.2 Å². The van der Waals surface area contributed by atoms with E-state index >= 15 is 0 Å². The fourth-order valence-corrected chi connectivity index (χ4v) is 4.89. The number of ether oxygens (including phenoxy) is 1. The van der Waals surface area contributed by atoms with Gasteiger partial charge in [0.1, 0.15) is 0 Å². The van der Waals surface area contributed by atoms with E-state index in [4.69, 9.17) is 10.5 Å². The second-order valence-electron chi connectivity index (χ2n) is 6.73. The van der Waals surface area contributed by atoms with Crippen LogP contribution in [0.15, 0.2) is 0 Å².